The van der Waals surface area contributed by atoms with Crippen LogP contribution >= 0.6 is 11.6 Å². The first-order valence-corrected chi connectivity index (χ1v) is 16.3. The Kier molecular flexibility index (Phi) is 11.2. The van der Waals surface area contributed by atoms with Gasteiger partial charge in [-0.25, -0.2) is 8.42 Å². The van der Waals surface area contributed by atoms with Crippen LogP contribution in [0.3, 0.4) is 0 Å². The third-order valence-corrected chi connectivity index (χ3v) is 8.46. The molecular weight excluding hydrogens is 570 g/mol. The van der Waals surface area contributed by atoms with Crippen LogP contribution in [0.1, 0.15) is 55.9 Å². The SMILES string of the molecule is Cc1cccc(N(CCCC(=O)N(Cc2ccc(Cl)cc2)[C@H](Cc2ccccc2)C(=O)NC(C)(C)C)S(C)(=O)=O)c1C. The third-order valence-electron chi connectivity index (χ3n) is 7.03. The Morgan fingerprint density at radius 1 is 0.905 bits per heavy atom. The summed E-state index contributed by atoms with van der Waals surface area (Å²) in [6.45, 7) is 9.89. The average molecular weight is 612 g/mol. The monoisotopic (exact) mass is 611 g/mol. The Morgan fingerprint density at radius 3 is 2.14 bits per heavy atom. The van der Waals surface area contributed by atoms with Crippen molar-refractivity contribution in [2.75, 3.05) is 17.1 Å². The van der Waals surface area contributed by atoms with Gasteiger partial charge in [0.2, 0.25) is 21.8 Å². The number of carbonyl (C=O) groups excluding carboxylic acids is 2. The summed E-state index contributed by atoms with van der Waals surface area (Å²) in [4.78, 5) is 29.3. The van der Waals surface area contributed by atoms with Crippen LogP contribution in [0.25, 0.3) is 0 Å². The highest BCUT2D eigenvalue weighted by atomic mass is 35.5. The molecule has 226 valence electrons. The summed E-state index contributed by atoms with van der Waals surface area (Å²) in [6.07, 6.45) is 1.87. The molecule has 0 radical (unpaired) electrons. The molecule has 3 rings (SSSR count). The van der Waals surface area contributed by atoms with E-state index >= 15 is 0 Å². The van der Waals surface area contributed by atoms with Crippen LogP contribution in [0, 0.1) is 13.8 Å². The highest BCUT2D eigenvalue weighted by Gasteiger charge is 2.32. The topological polar surface area (TPSA) is 86.8 Å². The Bertz CT molecular complexity index is 1470. The Labute approximate surface area is 255 Å². The fourth-order valence-corrected chi connectivity index (χ4v) is 5.92. The number of sulfonamides is 1. The van der Waals surface area contributed by atoms with E-state index in [1.807, 2.05) is 89.2 Å². The molecule has 42 heavy (non-hydrogen) atoms. The van der Waals surface area contributed by atoms with Crippen LogP contribution in [0.5, 0.6) is 0 Å². The van der Waals surface area contributed by atoms with Crippen LogP contribution in [-0.2, 0) is 32.6 Å². The number of nitrogens with zero attached hydrogens (tertiary/aromatic N) is 2. The Hall–Kier alpha value is -3.36. The van der Waals surface area contributed by atoms with Crippen molar-refractivity contribution in [3.05, 3.63) is 100 Å². The average Bonchev–Trinajstić information content (AvgIpc) is 2.90. The van der Waals surface area contributed by atoms with Gasteiger partial charge in [-0.3, -0.25) is 13.9 Å². The molecule has 7 nitrogen and oxygen atoms in total. The maximum absolute atomic E-state index is 14.0. The zero-order chi connectivity index (χ0) is 31.1. The molecule has 9 heteroatoms. The van der Waals surface area contributed by atoms with Gasteiger partial charge in [-0.05, 0) is 81.5 Å². The third kappa shape index (κ3) is 9.60. The largest absolute Gasteiger partial charge is 0.350 e. The van der Waals surface area contributed by atoms with E-state index in [0.717, 1.165) is 22.3 Å². The predicted octanol–water partition coefficient (Wildman–Crippen LogP) is 6.06. The summed E-state index contributed by atoms with van der Waals surface area (Å²) >= 11 is 6.11. The molecule has 3 aromatic rings. The molecule has 2 amide bonds. The maximum Gasteiger partial charge on any atom is 0.243 e. The summed E-state index contributed by atoms with van der Waals surface area (Å²) < 4.78 is 26.9. The van der Waals surface area contributed by atoms with E-state index in [-0.39, 0.29) is 37.7 Å². The van der Waals surface area contributed by atoms with Crippen molar-refractivity contribution in [1.82, 2.24) is 10.2 Å². The quantitative estimate of drug-likeness (QED) is 0.270. The number of amides is 2. The van der Waals surface area contributed by atoms with Gasteiger partial charge in [0.1, 0.15) is 6.04 Å². The summed E-state index contributed by atoms with van der Waals surface area (Å²) in [6, 6.07) is 21.6. The molecule has 0 spiro atoms. The van der Waals surface area contributed by atoms with E-state index in [9.17, 15) is 18.0 Å². The second-order valence-corrected chi connectivity index (χ2v) is 14.1. The van der Waals surface area contributed by atoms with Crippen molar-refractivity contribution >= 4 is 39.1 Å². The molecule has 3 aromatic carbocycles. The molecule has 0 bridgehead atoms. The number of aryl methyl sites for hydroxylation is 1. The van der Waals surface area contributed by atoms with Crippen LogP contribution in [0.4, 0.5) is 5.69 Å². The zero-order valence-corrected chi connectivity index (χ0v) is 26.9. The number of hydrogen-bond acceptors (Lipinski definition) is 4. The van der Waals surface area contributed by atoms with Crippen LogP contribution in [0.2, 0.25) is 5.02 Å². The summed E-state index contributed by atoms with van der Waals surface area (Å²) in [5.74, 6) is -0.480. The summed E-state index contributed by atoms with van der Waals surface area (Å²) in [5, 5.41) is 3.63. The molecule has 0 unspecified atom stereocenters. The van der Waals surface area contributed by atoms with Crippen molar-refractivity contribution in [1.29, 1.82) is 0 Å². The number of benzene rings is 3. The molecule has 0 fully saturated rings. The normalized spacial score (nSPS) is 12.5. The van der Waals surface area contributed by atoms with Crippen LogP contribution in [0.15, 0.2) is 72.8 Å². The summed E-state index contributed by atoms with van der Waals surface area (Å²) in [7, 11) is -3.59. The van der Waals surface area contributed by atoms with Gasteiger partial charge >= 0.3 is 0 Å². The highest BCUT2D eigenvalue weighted by molar-refractivity contribution is 7.92. The molecule has 0 aliphatic rings. The number of carbonyl (C=O) groups is 2. The van der Waals surface area contributed by atoms with E-state index in [4.69, 9.17) is 11.6 Å². The molecule has 0 saturated carbocycles. The molecule has 0 saturated heterocycles. The van der Waals surface area contributed by atoms with Gasteiger partial charge in [-0.1, -0.05) is 66.2 Å². The van der Waals surface area contributed by atoms with Gasteiger partial charge in [0.05, 0.1) is 11.9 Å². The minimum atomic E-state index is -3.59. The standard InChI is InChI=1S/C33H42ClN3O4S/c1-24-12-10-15-29(25(24)2)37(42(6,40)41)21-11-16-31(38)36(23-27-17-19-28(34)20-18-27)30(32(39)35-33(3,4)5)22-26-13-8-7-9-14-26/h7-10,12-15,17-20,30H,11,16,21-23H2,1-6H3,(H,35,39)/t30-/m1/s1. The van der Waals surface area contributed by atoms with Gasteiger partial charge in [-0.2, -0.15) is 0 Å². The number of hydrogen-bond donors (Lipinski definition) is 1. The first-order valence-electron chi connectivity index (χ1n) is 14.1. The van der Waals surface area contributed by atoms with E-state index in [0.29, 0.717) is 17.1 Å². The first kappa shape index (κ1) is 33.1. The zero-order valence-electron chi connectivity index (χ0n) is 25.4. The van der Waals surface area contributed by atoms with E-state index in [1.54, 1.807) is 23.1 Å². The lowest BCUT2D eigenvalue weighted by atomic mass is 10.00. The first-order chi connectivity index (χ1) is 19.7. The van der Waals surface area contributed by atoms with Crippen molar-refractivity contribution < 1.29 is 18.0 Å². The van der Waals surface area contributed by atoms with Crippen LogP contribution in [-0.4, -0.2) is 49.5 Å². The molecular formula is C33H42ClN3O4S. The van der Waals surface area contributed by atoms with Crippen LogP contribution < -0.4 is 9.62 Å². The Morgan fingerprint density at radius 2 is 1.55 bits per heavy atom. The number of rotatable bonds is 12. The van der Waals surface area contributed by atoms with E-state index in [1.165, 1.54) is 10.6 Å². The van der Waals surface area contributed by atoms with Gasteiger partial charge in [0.15, 0.2) is 0 Å². The predicted molar refractivity (Wildman–Crippen MR) is 171 cm³/mol. The van der Waals surface area contributed by atoms with Crippen molar-refractivity contribution in [2.24, 2.45) is 0 Å². The minimum Gasteiger partial charge on any atom is -0.350 e. The van der Waals surface area contributed by atoms with Crippen molar-refractivity contribution in [3.63, 3.8) is 0 Å². The second kappa shape index (κ2) is 14.2. The van der Waals surface area contributed by atoms with Gasteiger partial charge in [0, 0.05) is 36.5 Å². The fraction of sp³-hybridized carbons (Fsp3) is 0.394. The van der Waals surface area contributed by atoms with Crippen molar-refractivity contribution in [3.8, 4) is 0 Å². The molecule has 0 aromatic heterocycles. The van der Waals surface area contributed by atoms with Gasteiger partial charge in [0.25, 0.3) is 0 Å². The number of anilines is 1. The summed E-state index contributed by atoms with van der Waals surface area (Å²) in [5.41, 5.74) is 3.74. The van der Waals surface area contributed by atoms with Gasteiger partial charge < -0.3 is 10.2 Å². The number of halogens is 1. The maximum atomic E-state index is 14.0. The molecule has 1 N–H and O–H groups in total. The molecule has 0 heterocycles. The highest BCUT2D eigenvalue weighted by Crippen LogP contribution is 2.26. The minimum absolute atomic E-state index is 0.0680. The molecule has 0 aliphatic heterocycles. The molecule has 0 aliphatic carbocycles. The van der Waals surface area contributed by atoms with E-state index in [2.05, 4.69) is 5.32 Å². The van der Waals surface area contributed by atoms with Crippen molar-refractivity contribution in [2.45, 2.75) is 72.0 Å². The number of nitrogens with one attached hydrogen (secondary N) is 1. The Balaban J connectivity index is 1.92. The fourth-order valence-electron chi connectivity index (χ4n) is 4.78. The van der Waals surface area contributed by atoms with Gasteiger partial charge in [-0.15, -0.1) is 0 Å². The lowest BCUT2D eigenvalue weighted by Gasteiger charge is -2.34. The molecule has 1 atom stereocenters. The van der Waals surface area contributed by atoms with E-state index < -0.39 is 21.6 Å². The lowest BCUT2D eigenvalue weighted by Crippen LogP contribution is -2.54. The lowest BCUT2D eigenvalue weighted by molar-refractivity contribution is -0.142. The smallest absolute Gasteiger partial charge is 0.243 e. The second-order valence-electron chi connectivity index (χ2n) is 11.8.